The Bertz CT molecular complexity index is 306. The van der Waals surface area contributed by atoms with Crippen LogP contribution in [-0.4, -0.2) is 22.6 Å². The minimum absolute atomic E-state index is 0.670. The molecular formula is C12H21N3. The van der Waals surface area contributed by atoms with Gasteiger partial charge in [-0.1, -0.05) is 13.3 Å². The van der Waals surface area contributed by atoms with Gasteiger partial charge in [0, 0.05) is 25.4 Å². The third-order valence-corrected chi connectivity index (χ3v) is 3.51. The molecule has 0 spiro atoms. The fourth-order valence-electron chi connectivity index (χ4n) is 2.69. The number of rotatable bonds is 4. The summed E-state index contributed by atoms with van der Waals surface area (Å²) in [5, 5.41) is 3.46. The van der Waals surface area contributed by atoms with Gasteiger partial charge in [-0.05, 0) is 31.8 Å². The molecule has 1 N–H and O–H groups in total. The third-order valence-electron chi connectivity index (χ3n) is 3.51. The lowest BCUT2D eigenvalue weighted by Gasteiger charge is -2.19. The number of aryl methyl sites for hydroxylation is 1. The number of hydrogen-bond donors (Lipinski definition) is 1. The number of nitrogens with zero attached hydrogens (tertiary/aromatic N) is 2. The quantitative estimate of drug-likeness (QED) is 0.817. The molecule has 84 valence electrons. The van der Waals surface area contributed by atoms with E-state index in [1.165, 1.54) is 25.1 Å². The van der Waals surface area contributed by atoms with Crippen molar-refractivity contribution in [2.45, 2.75) is 32.1 Å². The van der Waals surface area contributed by atoms with Crippen LogP contribution < -0.4 is 5.32 Å². The summed E-state index contributed by atoms with van der Waals surface area (Å²) in [4.78, 5) is 4.49. The zero-order chi connectivity index (χ0) is 10.7. The second-order valence-corrected chi connectivity index (χ2v) is 4.50. The Labute approximate surface area is 91.9 Å². The summed E-state index contributed by atoms with van der Waals surface area (Å²) in [5.74, 6) is 2.73. The largest absolute Gasteiger partial charge is 0.338 e. The highest BCUT2D eigenvalue weighted by atomic mass is 15.0. The molecule has 2 unspecified atom stereocenters. The van der Waals surface area contributed by atoms with Gasteiger partial charge in [0.1, 0.15) is 5.82 Å². The van der Waals surface area contributed by atoms with E-state index in [-0.39, 0.29) is 0 Å². The summed E-state index contributed by atoms with van der Waals surface area (Å²) in [6, 6.07) is 0. The molecule has 1 aliphatic carbocycles. The molecule has 1 aliphatic rings. The van der Waals surface area contributed by atoms with Crippen molar-refractivity contribution in [3.05, 3.63) is 18.2 Å². The molecule has 1 fully saturated rings. The molecule has 2 rings (SSSR count). The lowest BCUT2D eigenvalue weighted by molar-refractivity contribution is 0.430. The van der Waals surface area contributed by atoms with Crippen LogP contribution in [0.3, 0.4) is 0 Å². The molecule has 15 heavy (non-hydrogen) atoms. The molecule has 0 saturated heterocycles. The minimum atomic E-state index is 0.670. The van der Waals surface area contributed by atoms with Crippen LogP contribution in [0.25, 0.3) is 0 Å². The first-order valence-electron chi connectivity index (χ1n) is 6.01. The van der Waals surface area contributed by atoms with Gasteiger partial charge in [0.2, 0.25) is 0 Å². The molecule has 0 bridgehead atoms. The van der Waals surface area contributed by atoms with E-state index in [1.807, 2.05) is 6.20 Å². The van der Waals surface area contributed by atoms with Gasteiger partial charge in [-0.25, -0.2) is 4.98 Å². The number of imidazole rings is 1. The first kappa shape index (κ1) is 10.7. The van der Waals surface area contributed by atoms with Gasteiger partial charge >= 0.3 is 0 Å². The van der Waals surface area contributed by atoms with Crippen LogP contribution in [0.4, 0.5) is 0 Å². The van der Waals surface area contributed by atoms with Crippen LogP contribution in [0.15, 0.2) is 12.4 Å². The van der Waals surface area contributed by atoms with E-state index in [0.29, 0.717) is 5.92 Å². The maximum Gasteiger partial charge on any atom is 0.111 e. The molecule has 1 aromatic heterocycles. The van der Waals surface area contributed by atoms with E-state index in [1.54, 1.807) is 0 Å². The lowest BCUT2D eigenvalue weighted by atomic mass is 9.95. The van der Waals surface area contributed by atoms with Crippen molar-refractivity contribution < 1.29 is 0 Å². The van der Waals surface area contributed by atoms with E-state index in [2.05, 4.69) is 35.0 Å². The van der Waals surface area contributed by atoms with Crippen molar-refractivity contribution in [2.75, 3.05) is 13.1 Å². The lowest BCUT2D eigenvalue weighted by Crippen LogP contribution is -2.25. The Morgan fingerprint density at radius 2 is 2.40 bits per heavy atom. The van der Waals surface area contributed by atoms with Gasteiger partial charge in [0.25, 0.3) is 0 Å². The minimum Gasteiger partial charge on any atom is -0.338 e. The van der Waals surface area contributed by atoms with Gasteiger partial charge in [0.05, 0.1) is 0 Å². The van der Waals surface area contributed by atoms with E-state index in [9.17, 15) is 0 Å². The second-order valence-electron chi connectivity index (χ2n) is 4.50. The Morgan fingerprint density at radius 1 is 1.53 bits per heavy atom. The van der Waals surface area contributed by atoms with Gasteiger partial charge in [-0.15, -0.1) is 0 Å². The molecule has 1 heterocycles. The Morgan fingerprint density at radius 3 is 3.07 bits per heavy atom. The topological polar surface area (TPSA) is 29.9 Å². The van der Waals surface area contributed by atoms with Crippen molar-refractivity contribution in [1.29, 1.82) is 0 Å². The molecular weight excluding hydrogens is 186 g/mol. The SMILES string of the molecule is CCNCC1CCCC1c1nccn1C. The van der Waals surface area contributed by atoms with Crippen LogP contribution in [0, 0.1) is 5.92 Å². The normalized spacial score (nSPS) is 26.0. The Hall–Kier alpha value is -0.830. The van der Waals surface area contributed by atoms with Gasteiger partial charge in [-0.2, -0.15) is 0 Å². The van der Waals surface area contributed by atoms with Gasteiger partial charge < -0.3 is 9.88 Å². The standard InChI is InChI=1S/C12H21N3/c1-3-13-9-10-5-4-6-11(10)12-14-7-8-15(12)2/h7-8,10-11,13H,3-6,9H2,1-2H3. The van der Waals surface area contributed by atoms with Crippen LogP contribution >= 0.6 is 0 Å². The zero-order valence-electron chi connectivity index (χ0n) is 9.74. The third kappa shape index (κ3) is 2.23. The molecule has 1 aromatic rings. The van der Waals surface area contributed by atoms with Crippen molar-refractivity contribution in [2.24, 2.45) is 13.0 Å². The fourth-order valence-corrected chi connectivity index (χ4v) is 2.69. The van der Waals surface area contributed by atoms with E-state index < -0.39 is 0 Å². The van der Waals surface area contributed by atoms with Crippen molar-refractivity contribution in [3.63, 3.8) is 0 Å². The second kappa shape index (κ2) is 4.79. The maximum absolute atomic E-state index is 4.49. The summed E-state index contributed by atoms with van der Waals surface area (Å²) in [6.45, 7) is 4.39. The summed E-state index contributed by atoms with van der Waals surface area (Å²) >= 11 is 0. The first-order valence-corrected chi connectivity index (χ1v) is 6.01. The Balaban J connectivity index is 2.04. The summed E-state index contributed by atoms with van der Waals surface area (Å²) in [7, 11) is 2.10. The molecule has 0 amide bonds. The average Bonchev–Trinajstić information content (AvgIpc) is 2.82. The van der Waals surface area contributed by atoms with Crippen molar-refractivity contribution >= 4 is 0 Å². The molecule has 0 aliphatic heterocycles. The molecule has 0 aromatic carbocycles. The van der Waals surface area contributed by atoms with Crippen LogP contribution in [0.5, 0.6) is 0 Å². The molecule has 1 saturated carbocycles. The van der Waals surface area contributed by atoms with Crippen molar-refractivity contribution in [3.8, 4) is 0 Å². The molecule has 0 radical (unpaired) electrons. The highest BCUT2D eigenvalue weighted by Gasteiger charge is 2.30. The fraction of sp³-hybridized carbons (Fsp3) is 0.750. The van der Waals surface area contributed by atoms with Crippen LogP contribution in [0.1, 0.15) is 37.9 Å². The van der Waals surface area contributed by atoms with Gasteiger partial charge in [-0.3, -0.25) is 0 Å². The smallest absolute Gasteiger partial charge is 0.111 e. The Kier molecular flexibility index (Phi) is 3.41. The average molecular weight is 207 g/mol. The monoisotopic (exact) mass is 207 g/mol. The molecule has 3 heteroatoms. The summed E-state index contributed by atoms with van der Waals surface area (Å²) in [5.41, 5.74) is 0. The number of nitrogens with one attached hydrogen (secondary N) is 1. The summed E-state index contributed by atoms with van der Waals surface area (Å²) < 4.78 is 2.18. The highest BCUT2D eigenvalue weighted by molar-refractivity contribution is 5.05. The zero-order valence-corrected chi connectivity index (χ0v) is 9.74. The predicted molar refractivity (Wildman–Crippen MR) is 61.8 cm³/mol. The van der Waals surface area contributed by atoms with E-state index >= 15 is 0 Å². The number of hydrogen-bond acceptors (Lipinski definition) is 2. The van der Waals surface area contributed by atoms with Gasteiger partial charge in [0.15, 0.2) is 0 Å². The van der Waals surface area contributed by atoms with Crippen LogP contribution in [-0.2, 0) is 7.05 Å². The van der Waals surface area contributed by atoms with E-state index in [4.69, 9.17) is 0 Å². The predicted octanol–water partition coefficient (Wildman–Crippen LogP) is 1.91. The van der Waals surface area contributed by atoms with E-state index in [0.717, 1.165) is 19.0 Å². The molecule has 3 nitrogen and oxygen atoms in total. The molecule has 2 atom stereocenters. The van der Waals surface area contributed by atoms with Crippen LogP contribution in [0.2, 0.25) is 0 Å². The first-order chi connectivity index (χ1) is 7.33. The number of aromatic nitrogens is 2. The maximum atomic E-state index is 4.49. The van der Waals surface area contributed by atoms with Crippen molar-refractivity contribution in [1.82, 2.24) is 14.9 Å². The summed E-state index contributed by atoms with van der Waals surface area (Å²) in [6.07, 6.45) is 7.98. The highest BCUT2D eigenvalue weighted by Crippen LogP contribution is 2.38.